The van der Waals surface area contributed by atoms with Crippen LogP contribution in [0.5, 0.6) is 5.75 Å². The maximum Gasteiger partial charge on any atom is 0.433 e. The molecule has 0 fully saturated rings. The lowest BCUT2D eigenvalue weighted by Crippen LogP contribution is -2.09. The Bertz CT molecular complexity index is 780. The molecule has 0 spiro atoms. The van der Waals surface area contributed by atoms with Crippen molar-refractivity contribution < 1.29 is 17.9 Å². The minimum atomic E-state index is -4.51. The van der Waals surface area contributed by atoms with Crippen molar-refractivity contribution in [2.24, 2.45) is 0 Å². The summed E-state index contributed by atoms with van der Waals surface area (Å²) in [7, 11) is 1.55. The number of hydrogen-bond acceptors (Lipinski definition) is 4. The standard InChI is InChI=1S/C13H9F3N4O/c1-21-9-4-2-8(3-5-9)11-18-19-12-17-10(13(14,15)16)6-7-20(11)12/h2-7H,1H3. The van der Waals surface area contributed by atoms with Gasteiger partial charge in [0.2, 0.25) is 0 Å². The van der Waals surface area contributed by atoms with Gasteiger partial charge in [-0.3, -0.25) is 4.40 Å². The Hall–Kier alpha value is -2.64. The summed E-state index contributed by atoms with van der Waals surface area (Å²) in [4.78, 5) is 3.47. The van der Waals surface area contributed by atoms with Crippen LogP contribution in [0, 0.1) is 0 Å². The number of nitrogens with zero attached hydrogens (tertiary/aromatic N) is 4. The Labute approximate surface area is 117 Å². The highest BCUT2D eigenvalue weighted by Gasteiger charge is 2.33. The predicted molar refractivity (Wildman–Crippen MR) is 67.8 cm³/mol. The Morgan fingerprint density at radius 1 is 1.05 bits per heavy atom. The number of alkyl halides is 3. The SMILES string of the molecule is COc1ccc(-c2nnc3nc(C(F)(F)F)ccn23)cc1. The minimum Gasteiger partial charge on any atom is -0.497 e. The normalized spacial score (nSPS) is 11.8. The lowest BCUT2D eigenvalue weighted by molar-refractivity contribution is -0.141. The molecule has 0 saturated carbocycles. The van der Waals surface area contributed by atoms with Crippen LogP contribution in [-0.2, 0) is 6.18 Å². The van der Waals surface area contributed by atoms with Crippen molar-refractivity contribution in [2.45, 2.75) is 6.18 Å². The van der Waals surface area contributed by atoms with Crippen molar-refractivity contribution >= 4 is 5.78 Å². The molecule has 0 saturated heterocycles. The predicted octanol–water partition coefficient (Wildman–Crippen LogP) is 2.82. The molecule has 0 bridgehead atoms. The van der Waals surface area contributed by atoms with E-state index in [1.165, 1.54) is 10.6 Å². The zero-order chi connectivity index (χ0) is 15.0. The van der Waals surface area contributed by atoms with Crippen molar-refractivity contribution in [3.8, 4) is 17.1 Å². The van der Waals surface area contributed by atoms with E-state index in [2.05, 4.69) is 15.2 Å². The van der Waals surface area contributed by atoms with Gasteiger partial charge in [-0.25, -0.2) is 4.98 Å². The van der Waals surface area contributed by atoms with Crippen LogP contribution in [-0.4, -0.2) is 26.7 Å². The zero-order valence-electron chi connectivity index (χ0n) is 10.8. The third-order valence-electron chi connectivity index (χ3n) is 2.92. The average molecular weight is 294 g/mol. The molecule has 108 valence electrons. The largest absolute Gasteiger partial charge is 0.497 e. The van der Waals surface area contributed by atoms with E-state index in [1.807, 2.05) is 0 Å². The molecule has 3 aromatic rings. The van der Waals surface area contributed by atoms with Crippen molar-refractivity contribution in [1.82, 2.24) is 19.6 Å². The first-order valence-electron chi connectivity index (χ1n) is 5.92. The molecule has 0 aliphatic rings. The van der Waals surface area contributed by atoms with Crippen LogP contribution in [0.25, 0.3) is 17.2 Å². The van der Waals surface area contributed by atoms with Gasteiger partial charge in [-0.2, -0.15) is 13.2 Å². The molecule has 0 aliphatic carbocycles. The first kappa shape index (κ1) is 13.3. The third kappa shape index (κ3) is 2.39. The minimum absolute atomic E-state index is 0.101. The van der Waals surface area contributed by atoms with Crippen LogP contribution >= 0.6 is 0 Å². The van der Waals surface area contributed by atoms with Crippen molar-refractivity contribution in [3.05, 3.63) is 42.2 Å². The molecule has 0 N–H and O–H groups in total. The lowest BCUT2D eigenvalue weighted by atomic mass is 10.2. The van der Waals surface area contributed by atoms with Gasteiger partial charge in [0.25, 0.3) is 5.78 Å². The molecular weight excluding hydrogens is 285 g/mol. The van der Waals surface area contributed by atoms with Crippen LogP contribution in [0.1, 0.15) is 5.69 Å². The molecule has 21 heavy (non-hydrogen) atoms. The van der Waals surface area contributed by atoms with Gasteiger partial charge in [0.05, 0.1) is 7.11 Å². The van der Waals surface area contributed by atoms with E-state index < -0.39 is 11.9 Å². The van der Waals surface area contributed by atoms with Crippen LogP contribution in [0.4, 0.5) is 13.2 Å². The molecule has 0 unspecified atom stereocenters. The van der Waals surface area contributed by atoms with Crippen LogP contribution in [0.3, 0.4) is 0 Å². The first-order chi connectivity index (χ1) is 9.99. The Morgan fingerprint density at radius 2 is 1.76 bits per heavy atom. The summed E-state index contributed by atoms with van der Waals surface area (Å²) in [6.45, 7) is 0. The molecule has 0 aliphatic heterocycles. The van der Waals surface area contributed by atoms with E-state index in [0.717, 1.165) is 6.07 Å². The summed E-state index contributed by atoms with van der Waals surface area (Å²) < 4.78 is 44.2. The summed E-state index contributed by atoms with van der Waals surface area (Å²) >= 11 is 0. The number of fused-ring (bicyclic) bond motifs is 1. The monoisotopic (exact) mass is 294 g/mol. The summed E-state index contributed by atoms with van der Waals surface area (Å²) in [6, 6.07) is 7.84. The lowest BCUT2D eigenvalue weighted by Gasteiger charge is -2.06. The smallest absolute Gasteiger partial charge is 0.433 e. The number of hydrogen-bond donors (Lipinski definition) is 0. The van der Waals surface area contributed by atoms with Crippen LogP contribution in [0.15, 0.2) is 36.5 Å². The van der Waals surface area contributed by atoms with Gasteiger partial charge in [-0.1, -0.05) is 0 Å². The molecule has 0 amide bonds. The fourth-order valence-electron chi connectivity index (χ4n) is 1.88. The molecule has 3 rings (SSSR count). The maximum absolute atomic E-state index is 12.6. The van der Waals surface area contributed by atoms with Crippen LogP contribution in [0.2, 0.25) is 0 Å². The summed E-state index contributed by atoms with van der Waals surface area (Å²) in [5.41, 5.74) is -0.298. The van der Waals surface area contributed by atoms with Crippen molar-refractivity contribution in [1.29, 1.82) is 0 Å². The molecule has 0 radical (unpaired) electrons. The van der Waals surface area contributed by atoms with E-state index >= 15 is 0 Å². The van der Waals surface area contributed by atoms with Gasteiger partial charge in [0.1, 0.15) is 11.4 Å². The topological polar surface area (TPSA) is 52.3 Å². The number of ether oxygens (including phenoxy) is 1. The van der Waals surface area contributed by atoms with Crippen LogP contribution < -0.4 is 4.74 Å². The third-order valence-corrected chi connectivity index (χ3v) is 2.92. The molecule has 2 heterocycles. The second-order valence-electron chi connectivity index (χ2n) is 4.23. The van der Waals surface area contributed by atoms with Crippen molar-refractivity contribution in [3.63, 3.8) is 0 Å². The number of benzene rings is 1. The highest BCUT2D eigenvalue weighted by Crippen LogP contribution is 2.28. The Balaban J connectivity index is 2.07. The van der Waals surface area contributed by atoms with Gasteiger partial charge in [0, 0.05) is 11.8 Å². The number of rotatable bonds is 2. The number of halogens is 3. The fourth-order valence-corrected chi connectivity index (χ4v) is 1.88. The first-order valence-corrected chi connectivity index (χ1v) is 5.92. The van der Waals surface area contributed by atoms with E-state index in [4.69, 9.17) is 4.74 Å². The van der Waals surface area contributed by atoms with Crippen molar-refractivity contribution in [2.75, 3.05) is 7.11 Å². The molecule has 8 heteroatoms. The summed E-state index contributed by atoms with van der Waals surface area (Å²) in [5.74, 6) is 0.981. The van der Waals surface area contributed by atoms with Gasteiger partial charge in [-0.05, 0) is 30.3 Å². The van der Waals surface area contributed by atoms with E-state index in [1.54, 1.807) is 31.4 Å². The van der Waals surface area contributed by atoms with E-state index in [0.29, 0.717) is 17.1 Å². The average Bonchev–Trinajstić information content (AvgIpc) is 2.89. The van der Waals surface area contributed by atoms with E-state index in [-0.39, 0.29) is 5.78 Å². The van der Waals surface area contributed by atoms with E-state index in [9.17, 15) is 13.2 Å². The Morgan fingerprint density at radius 3 is 2.38 bits per heavy atom. The summed E-state index contributed by atoms with van der Waals surface area (Å²) in [6.07, 6.45) is -3.25. The molecule has 0 atom stereocenters. The molecule has 1 aromatic carbocycles. The van der Waals surface area contributed by atoms with Gasteiger partial charge >= 0.3 is 6.18 Å². The molecular formula is C13H9F3N4O. The Kier molecular flexibility index (Phi) is 3.00. The molecule has 5 nitrogen and oxygen atoms in total. The molecule has 2 aromatic heterocycles. The summed E-state index contributed by atoms with van der Waals surface area (Å²) in [5, 5.41) is 7.57. The maximum atomic E-state index is 12.6. The van der Waals surface area contributed by atoms with Gasteiger partial charge in [0.15, 0.2) is 5.82 Å². The zero-order valence-corrected chi connectivity index (χ0v) is 10.8. The number of methoxy groups -OCH3 is 1. The quantitative estimate of drug-likeness (QED) is 0.729. The fraction of sp³-hybridized carbons (Fsp3) is 0.154. The highest BCUT2D eigenvalue weighted by molar-refractivity contribution is 5.59. The second-order valence-corrected chi connectivity index (χ2v) is 4.23. The second kappa shape index (κ2) is 4.72. The number of aromatic nitrogens is 4. The van der Waals surface area contributed by atoms with Gasteiger partial charge in [-0.15, -0.1) is 10.2 Å². The highest BCUT2D eigenvalue weighted by atomic mass is 19.4. The van der Waals surface area contributed by atoms with Gasteiger partial charge < -0.3 is 4.74 Å².